The molecular weight excluding hydrogens is 367 g/mol. The summed E-state index contributed by atoms with van der Waals surface area (Å²) in [4.78, 5) is 7.97. The molecule has 2 heterocycles. The highest BCUT2D eigenvalue weighted by Gasteiger charge is 2.67. The van der Waals surface area contributed by atoms with Gasteiger partial charge in [0.1, 0.15) is 0 Å². The van der Waals surface area contributed by atoms with Gasteiger partial charge in [0.2, 0.25) is 0 Å². The zero-order valence-electron chi connectivity index (χ0n) is 15.3. The lowest BCUT2D eigenvalue weighted by Crippen LogP contribution is -2.52. The second-order valence-electron chi connectivity index (χ2n) is 8.59. The van der Waals surface area contributed by atoms with Crippen LogP contribution in [0.4, 0.5) is 0 Å². The minimum atomic E-state index is 0.00102. The second-order valence-corrected chi connectivity index (χ2v) is 9.43. The quantitative estimate of drug-likeness (QED) is 0.675. The lowest BCUT2D eigenvalue weighted by molar-refractivity contribution is 0.0673. The molecule has 4 unspecified atom stereocenters. The molecule has 0 N–H and O–H groups in total. The Bertz CT molecular complexity index is 760. The summed E-state index contributed by atoms with van der Waals surface area (Å²) in [6.07, 6.45) is 6.13. The van der Waals surface area contributed by atoms with Crippen molar-refractivity contribution in [2.45, 2.75) is 50.0 Å². The molecule has 1 spiro atoms. The maximum absolute atomic E-state index is 6.72. The van der Waals surface area contributed by atoms with E-state index < -0.39 is 0 Å². The van der Waals surface area contributed by atoms with Gasteiger partial charge in [-0.3, -0.25) is 4.99 Å². The average Bonchev–Trinajstić information content (AvgIpc) is 3.34. The number of amidine groups is 1. The van der Waals surface area contributed by atoms with E-state index in [0.29, 0.717) is 16.9 Å². The third-order valence-corrected chi connectivity index (χ3v) is 8.30. The number of rotatable bonds is 1. The van der Waals surface area contributed by atoms with Crippen LogP contribution in [-0.2, 0) is 10.2 Å². The number of nitrogens with zero attached hydrogens (tertiary/aromatic N) is 2. The van der Waals surface area contributed by atoms with Gasteiger partial charge in [-0.15, -0.1) is 0 Å². The maximum atomic E-state index is 6.72. The zero-order chi connectivity index (χ0) is 17.9. The van der Waals surface area contributed by atoms with E-state index >= 15 is 0 Å². The van der Waals surface area contributed by atoms with Gasteiger partial charge in [0, 0.05) is 35.0 Å². The van der Waals surface area contributed by atoms with E-state index in [9.17, 15) is 0 Å². The number of hydrogen-bond acceptors (Lipinski definition) is 3. The van der Waals surface area contributed by atoms with Gasteiger partial charge in [0.05, 0.1) is 24.6 Å². The standard InChI is InChI=1S/C21H26Cl2N2O/c1-20(17-5-4-16(22)13-18(17)23)14-2-3-15(12-14)21(20)7-6-19(24-21)25-8-10-26-11-9-25/h4-5,13-15H,2-3,6-12H2,1H3. The molecule has 5 rings (SSSR count). The van der Waals surface area contributed by atoms with Crippen LogP contribution in [0.5, 0.6) is 0 Å². The molecule has 3 nitrogen and oxygen atoms in total. The summed E-state index contributed by atoms with van der Waals surface area (Å²) in [6.45, 7) is 6.01. The van der Waals surface area contributed by atoms with E-state index in [0.717, 1.165) is 44.2 Å². The first-order valence-electron chi connectivity index (χ1n) is 9.91. The van der Waals surface area contributed by atoms with E-state index in [1.54, 1.807) is 0 Å². The Morgan fingerprint density at radius 1 is 1.15 bits per heavy atom. The SMILES string of the molecule is CC1(c2ccc(Cl)cc2Cl)C2CCC(C2)C12CCC(N1CCOCC1)=N2. The van der Waals surface area contributed by atoms with Crippen LogP contribution in [0.25, 0.3) is 0 Å². The van der Waals surface area contributed by atoms with Crippen molar-refractivity contribution >= 4 is 29.0 Å². The molecule has 2 bridgehead atoms. The molecule has 5 heteroatoms. The summed E-state index contributed by atoms with van der Waals surface area (Å²) >= 11 is 12.9. The smallest absolute Gasteiger partial charge is 0.0998 e. The van der Waals surface area contributed by atoms with Crippen LogP contribution in [0, 0.1) is 11.8 Å². The van der Waals surface area contributed by atoms with Gasteiger partial charge in [-0.2, -0.15) is 0 Å². The van der Waals surface area contributed by atoms with E-state index in [1.165, 1.54) is 30.7 Å². The van der Waals surface area contributed by atoms with Crippen molar-refractivity contribution in [3.63, 3.8) is 0 Å². The Kier molecular flexibility index (Phi) is 4.08. The normalized spacial score (nSPS) is 39.0. The fourth-order valence-corrected chi connectivity index (χ4v) is 7.05. The molecule has 140 valence electrons. The molecule has 1 aromatic rings. The fraction of sp³-hybridized carbons (Fsp3) is 0.667. The van der Waals surface area contributed by atoms with Crippen LogP contribution >= 0.6 is 23.2 Å². The van der Waals surface area contributed by atoms with Crippen LogP contribution in [0.2, 0.25) is 10.0 Å². The molecule has 0 radical (unpaired) electrons. The Labute approximate surface area is 165 Å². The van der Waals surface area contributed by atoms with Gasteiger partial charge >= 0.3 is 0 Å². The third kappa shape index (κ3) is 2.26. The highest BCUT2D eigenvalue weighted by Crippen LogP contribution is 2.67. The largest absolute Gasteiger partial charge is 0.378 e. The lowest BCUT2D eigenvalue weighted by Gasteiger charge is -2.48. The van der Waals surface area contributed by atoms with Crippen molar-refractivity contribution in [1.29, 1.82) is 0 Å². The van der Waals surface area contributed by atoms with E-state index in [-0.39, 0.29) is 11.0 Å². The third-order valence-electron chi connectivity index (χ3n) is 7.75. The summed E-state index contributed by atoms with van der Waals surface area (Å²) in [5, 5.41) is 1.52. The monoisotopic (exact) mass is 392 g/mol. The van der Waals surface area contributed by atoms with Crippen molar-refractivity contribution in [2.24, 2.45) is 16.8 Å². The molecule has 2 aliphatic heterocycles. The molecule has 2 aliphatic carbocycles. The number of aliphatic imine (C=N–C) groups is 1. The first kappa shape index (κ1) is 17.3. The van der Waals surface area contributed by atoms with Crippen LogP contribution in [0.15, 0.2) is 23.2 Å². The van der Waals surface area contributed by atoms with Crippen molar-refractivity contribution in [1.82, 2.24) is 4.90 Å². The van der Waals surface area contributed by atoms with Crippen molar-refractivity contribution in [3.8, 4) is 0 Å². The summed E-state index contributed by atoms with van der Waals surface area (Å²) in [5.41, 5.74) is 1.26. The number of morpholine rings is 1. The van der Waals surface area contributed by atoms with Gasteiger partial charge in [-0.1, -0.05) is 36.2 Å². The summed E-state index contributed by atoms with van der Waals surface area (Å²) < 4.78 is 5.54. The van der Waals surface area contributed by atoms with Gasteiger partial charge in [-0.05, 0) is 55.2 Å². The zero-order valence-corrected chi connectivity index (χ0v) is 16.8. The van der Waals surface area contributed by atoms with Crippen LogP contribution in [0.3, 0.4) is 0 Å². The second kappa shape index (κ2) is 6.12. The highest BCUT2D eigenvalue weighted by molar-refractivity contribution is 6.35. The predicted octanol–water partition coefficient (Wildman–Crippen LogP) is 4.94. The molecule has 1 aromatic carbocycles. The van der Waals surface area contributed by atoms with Crippen molar-refractivity contribution < 1.29 is 4.74 Å². The predicted molar refractivity (Wildman–Crippen MR) is 106 cm³/mol. The van der Waals surface area contributed by atoms with Gasteiger partial charge in [0.25, 0.3) is 0 Å². The maximum Gasteiger partial charge on any atom is 0.0998 e. The minimum absolute atomic E-state index is 0.00102. The van der Waals surface area contributed by atoms with Crippen LogP contribution in [0.1, 0.15) is 44.6 Å². The Balaban J connectivity index is 1.59. The van der Waals surface area contributed by atoms with Crippen LogP contribution in [-0.4, -0.2) is 42.6 Å². The Hall–Kier alpha value is -0.770. The number of hydrogen-bond donors (Lipinski definition) is 0. The first-order chi connectivity index (χ1) is 12.5. The summed E-state index contributed by atoms with van der Waals surface area (Å²) in [7, 11) is 0. The first-order valence-corrected chi connectivity index (χ1v) is 10.7. The highest BCUT2D eigenvalue weighted by atomic mass is 35.5. The molecule has 0 amide bonds. The number of halogens is 2. The molecule has 3 fully saturated rings. The summed E-state index contributed by atoms with van der Waals surface area (Å²) in [5.74, 6) is 2.65. The molecule has 4 aliphatic rings. The van der Waals surface area contributed by atoms with Gasteiger partial charge < -0.3 is 9.64 Å². The van der Waals surface area contributed by atoms with E-state index in [4.69, 9.17) is 32.9 Å². The Morgan fingerprint density at radius 2 is 1.92 bits per heavy atom. The van der Waals surface area contributed by atoms with Gasteiger partial charge in [-0.25, -0.2) is 0 Å². The van der Waals surface area contributed by atoms with Gasteiger partial charge in [0.15, 0.2) is 0 Å². The van der Waals surface area contributed by atoms with Crippen molar-refractivity contribution in [3.05, 3.63) is 33.8 Å². The lowest BCUT2D eigenvalue weighted by atomic mass is 9.58. The summed E-state index contributed by atoms with van der Waals surface area (Å²) in [6, 6.07) is 6.07. The molecule has 0 aromatic heterocycles. The number of ether oxygens (including phenoxy) is 1. The Morgan fingerprint density at radius 3 is 2.69 bits per heavy atom. The average molecular weight is 393 g/mol. The number of benzene rings is 1. The molecule has 2 saturated carbocycles. The fourth-order valence-electron chi connectivity index (χ4n) is 6.45. The van der Waals surface area contributed by atoms with Crippen LogP contribution < -0.4 is 0 Å². The van der Waals surface area contributed by atoms with E-state index in [2.05, 4.69) is 17.9 Å². The molecule has 26 heavy (non-hydrogen) atoms. The molecule has 4 atom stereocenters. The minimum Gasteiger partial charge on any atom is -0.378 e. The topological polar surface area (TPSA) is 24.8 Å². The number of fused-ring (bicyclic) bond motifs is 3. The van der Waals surface area contributed by atoms with E-state index in [1.807, 2.05) is 12.1 Å². The molecular formula is C21H26Cl2N2O. The molecule has 1 saturated heterocycles. The van der Waals surface area contributed by atoms with Crippen molar-refractivity contribution in [2.75, 3.05) is 26.3 Å².